The molecule has 1 fully saturated rings. The molecule has 0 aliphatic carbocycles. The second-order valence-corrected chi connectivity index (χ2v) is 3.74. The van der Waals surface area contributed by atoms with Gasteiger partial charge in [0, 0.05) is 12.1 Å². The lowest BCUT2D eigenvalue weighted by atomic mass is 10.1. The third kappa shape index (κ3) is 3.20. The van der Waals surface area contributed by atoms with E-state index in [2.05, 4.69) is 5.32 Å². The molecular weight excluding hydrogens is 235 g/mol. The van der Waals surface area contributed by atoms with Crippen LogP contribution in [0.25, 0.3) is 0 Å². The van der Waals surface area contributed by atoms with Gasteiger partial charge in [-0.25, -0.2) is 0 Å². The van der Waals surface area contributed by atoms with E-state index in [1.807, 2.05) is 0 Å². The van der Waals surface area contributed by atoms with E-state index in [-0.39, 0.29) is 11.7 Å². The van der Waals surface area contributed by atoms with Crippen molar-refractivity contribution in [3.05, 3.63) is 35.4 Å². The van der Waals surface area contributed by atoms with Gasteiger partial charge in [-0.1, -0.05) is 6.07 Å². The van der Waals surface area contributed by atoms with Gasteiger partial charge in [0.2, 0.25) is 0 Å². The normalized spacial score (nSPS) is 18.9. The summed E-state index contributed by atoms with van der Waals surface area (Å²) in [7, 11) is 0. The number of carbonyl (C=O) groups excluding carboxylic acids is 1. The SMILES string of the molecule is O=C(NC[C@@H]1CO1)c1cccc(C(F)(F)F)c1. The molecule has 1 heterocycles. The summed E-state index contributed by atoms with van der Waals surface area (Å²) < 4.78 is 42.1. The number of carbonyl (C=O) groups is 1. The molecule has 1 saturated heterocycles. The zero-order valence-corrected chi connectivity index (χ0v) is 8.75. The summed E-state index contributed by atoms with van der Waals surface area (Å²) in [5.74, 6) is -0.522. The van der Waals surface area contributed by atoms with Crippen molar-refractivity contribution in [1.29, 1.82) is 0 Å². The van der Waals surface area contributed by atoms with Crippen molar-refractivity contribution in [2.45, 2.75) is 12.3 Å². The van der Waals surface area contributed by atoms with Crippen LogP contribution in [0.1, 0.15) is 15.9 Å². The van der Waals surface area contributed by atoms with E-state index < -0.39 is 17.6 Å². The van der Waals surface area contributed by atoms with Gasteiger partial charge in [-0.2, -0.15) is 13.2 Å². The van der Waals surface area contributed by atoms with E-state index in [9.17, 15) is 18.0 Å². The molecule has 92 valence electrons. The van der Waals surface area contributed by atoms with Crippen molar-refractivity contribution >= 4 is 5.91 Å². The Kier molecular flexibility index (Phi) is 3.06. The minimum Gasteiger partial charge on any atom is -0.371 e. The smallest absolute Gasteiger partial charge is 0.371 e. The quantitative estimate of drug-likeness (QED) is 0.825. The predicted molar refractivity (Wildman–Crippen MR) is 53.5 cm³/mol. The molecule has 0 unspecified atom stereocenters. The van der Waals surface area contributed by atoms with Crippen LogP contribution in [-0.4, -0.2) is 25.2 Å². The van der Waals surface area contributed by atoms with Gasteiger partial charge in [0.15, 0.2) is 0 Å². The van der Waals surface area contributed by atoms with Crippen LogP contribution in [0.5, 0.6) is 0 Å². The summed E-state index contributed by atoms with van der Waals surface area (Å²) in [4.78, 5) is 11.5. The number of amides is 1. The molecule has 1 aromatic rings. The predicted octanol–water partition coefficient (Wildman–Crippen LogP) is 1.83. The molecule has 1 atom stereocenters. The van der Waals surface area contributed by atoms with Gasteiger partial charge >= 0.3 is 6.18 Å². The fraction of sp³-hybridized carbons (Fsp3) is 0.364. The standard InChI is InChI=1S/C11H10F3NO2/c12-11(13,14)8-3-1-2-7(4-8)10(16)15-5-9-6-17-9/h1-4,9H,5-6H2,(H,15,16)/t9-/m1/s1. The Morgan fingerprint density at radius 2 is 2.18 bits per heavy atom. The van der Waals surface area contributed by atoms with Gasteiger partial charge in [0.25, 0.3) is 5.91 Å². The highest BCUT2D eigenvalue weighted by Gasteiger charge is 2.31. The minimum atomic E-state index is -4.43. The molecule has 0 saturated carbocycles. The molecule has 3 nitrogen and oxygen atoms in total. The number of alkyl halides is 3. The first kappa shape index (κ1) is 11.9. The number of rotatable bonds is 3. The highest BCUT2D eigenvalue weighted by molar-refractivity contribution is 5.94. The summed E-state index contributed by atoms with van der Waals surface area (Å²) >= 11 is 0. The number of halogens is 3. The van der Waals surface area contributed by atoms with Crippen LogP contribution >= 0.6 is 0 Å². The van der Waals surface area contributed by atoms with E-state index in [1.54, 1.807) is 0 Å². The van der Waals surface area contributed by atoms with Crippen molar-refractivity contribution in [3.8, 4) is 0 Å². The van der Waals surface area contributed by atoms with Crippen LogP contribution in [0, 0.1) is 0 Å². The summed E-state index contributed by atoms with van der Waals surface area (Å²) in [6, 6.07) is 4.33. The van der Waals surface area contributed by atoms with Gasteiger partial charge in [0.05, 0.1) is 18.3 Å². The maximum Gasteiger partial charge on any atom is 0.416 e. The van der Waals surface area contributed by atoms with Crippen LogP contribution < -0.4 is 5.32 Å². The van der Waals surface area contributed by atoms with Crippen LogP contribution in [-0.2, 0) is 10.9 Å². The molecule has 1 aliphatic heterocycles. The molecule has 0 radical (unpaired) electrons. The van der Waals surface area contributed by atoms with E-state index in [1.165, 1.54) is 12.1 Å². The highest BCUT2D eigenvalue weighted by Crippen LogP contribution is 2.29. The summed E-state index contributed by atoms with van der Waals surface area (Å²) in [5.41, 5.74) is -0.826. The maximum absolute atomic E-state index is 12.4. The second kappa shape index (κ2) is 4.37. The minimum absolute atomic E-state index is 0.000440. The van der Waals surface area contributed by atoms with Crippen LogP contribution in [0.2, 0.25) is 0 Å². The van der Waals surface area contributed by atoms with E-state index in [0.717, 1.165) is 12.1 Å². The van der Waals surface area contributed by atoms with E-state index in [0.29, 0.717) is 13.2 Å². The lowest BCUT2D eigenvalue weighted by Gasteiger charge is -2.08. The molecule has 1 amide bonds. The number of epoxide rings is 1. The van der Waals surface area contributed by atoms with Gasteiger partial charge in [-0.15, -0.1) is 0 Å². The topological polar surface area (TPSA) is 41.6 Å². The van der Waals surface area contributed by atoms with Crippen molar-refractivity contribution in [2.75, 3.05) is 13.2 Å². The van der Waals surface area contributed by atoms with E-state index >= 15 is 0 Å². The molecule has 2 rings (SSSR count). The first-order valence-electron chi connectivity index (χ1n) is 5.04. The number of benzene rings is 1. The average molecular weight is 245 g/mol. The third-order valence-electron chi connectivity index (χ3n) is 2.34. The van der Waals surface area contributed by atoms with Gasteiger partial charge in [-0.3, -0.25) is 4.79 Å². The monoisotopic (exact) mass is 245 g/mol. The Morgan fingerprint density at radius 3 is 2.76 bits per heavy atom. The first-order valence-corrected chi connectivity index (χ1v) is 5.04. The Bertz CT molecular complexity index is 427. The fourth-order valence-electron chi connectivity index (χ4n) is 1.33. The molecule has 1 aliphatic rings. The molecule has 0 bridgehead atoms. The second-order valence-electron chi connectivity index (χ2n) is 3.74. The van der Waals surface area contributed by atoms with Gasteiger partial charge in [-0.05, 0) is 18.2 Å². The Balaban J connectivity index is 2.06. The number of nitrogens with one attached hydrogen (secondary N) is 1. The summed E-state index contributed by atoms with van der Waals surface area (Å²) in [6.07, 6.45) is -4.43. The van der Waals surface area contributed by atoms with Crippen LogP contribution in [0.3, 0.4) is 0 Å². The molecule has 1 N–H and O–H groups in total. The first-order chi connectivity index (χ1) is 7.97. The molecule has 0 spiro atoms. The number of hydrogen-bond donors (Lipinski definition) is 1. The third-order valence-corrected chi connectivity index (χ3v) is 2.34. The maximum atomic E-state index is 12.4. The molecule has 6 heteroatoms. The molecular formula is C11H10F3NO2. The Hall–Kier alpha value is -1.56. The van der Waals surface area contributed by atoms with Crippen molar-refractivity contribution in [1.82, 2.24) is 5.32 Å². The largest absolute Gasteiger partial charge is 0.416 e. The fourth-order valence-corrected chi connectivity index (χ4v) is 1.33. The Morgan fingerprint density at radius 1 is 1.47 bits per heavy atom. The van der Waals surface area contributed by atoms with Crippen molar-refractivity contribution in [2.24, 2.45) is 0 Å². The van der Waals surface area contributed by atoms with Crippen molar-refractivity contribution in [3.63, 3.8) is 0 Å². The van der Waals surface area contributed by atoms with Crippen LogP contribution in [0.4, 0.5) is 13.2 Å². The lowest BCUT2D eigenvalue weighted by Crippen LogP contribution is -2.27. The number of hydrogen-bond acceptors (Lipinski definition) is 2. The molecule has 17 heavy (non-hydrogen) atoms. The Labute approximate surface area is 95.6 Å². The zero-order chi connectivity index (χ0) is 12.5. The van der Waals surface area contributed by atoms with Crippen molar-refractivity contribution < 1.29 is 22.7 Å². The van der Waals surface area contributed by atoms with Crippen LogP contribution in [0.15, 0.2) is 24.3 Å². The molecule has 0 aromatic heterocycles. The summed E-state index contributed by atoms with van der Waals surface area (Å²) in [6.45, 7) is 0.915. The van der Waals surface area contributed by atoms with Gasteiger partial charge in [0.1, 0.15) is 0 Å². The zero-order valence-electron chi connectivity index (χ0n) is 8.75. The summed E-state index contributed by atoms with van der Waals surface area (Å²) in [5, 5.41) is 2.51. The lowest BCUT2D eigenvalue weighted by molar-refractivity contribution is -0.137. The van der Waals surface area contributed by atoms with E-state index in [4.69, 9.17) is 4.74 Å². The average Bonchev–Trinajstić information content (AvgIpc) is 3.09. The highest BCUT2D eigenvalue weighted by atomic mass is 19.4. The molecule has 1 aromatic carbocycles. The number of ether oxygens (including phenoxy) is 1. The van der Waals surface area contributed by atoms with Gasteiger partial charge < -0.3 is 10.1 Å².